The fourth-order valence-corrected chi connectivity index (χ4v) is 3.47. The van der Waals surface area contributed by atoms with Gasteiger partial charge in [-0.15, -0.1) is 0 Å². The molecule has 7 heteroatoms. The number of aryl methyl sites for hydroxylation is 1. The van der Waals surface area contributed by atoms with E-state index in [2.05, 4.69) is 10.0 Å². The molecule has 2 rings (SSSR count). The van der Waals surface area contributed by atoms with Gasteiger partial charge in [-0.05, 0) is 38.1 Å². The van der Waals surface area contributed by atoms with Crippen molar-refractivity contribution in [2.45, 2.75) is 18.7 Å². The van der Waals surface area contributed by atoms with Gasteiger partial charge in [0.15, 0.2) is 0 Å². The van der Waals surface area contributed by atoms with E-state index in [1.54, 1.807) is 24.3 Å². The number of nitrogens with one attached hydrogen (secondary N) is 2. The van der Waals surface area contributed by atoms with Gasteiger partial charge in [-0.1, -0.05) is 35.9 Å². The van der Waals surface area contributed by atoms with Crippen molar-refractivity contribution in [1.29, 1.82) is 0 Å². The molecule has 0 fully saturated rings. The number of rotatable bonds is 9. The Bertz CT molecular complexity index is 806. The minimum atomic E-state index is -3.56. The van der Waals surface area contributed by atoms with Crippen molar-refractivity contribution in [3.63, 3.8) is 0 Å². The van der Waals surface area contributed by atoms with E-state index in [-0.39, 0.29) is 30.4 Å². The average Bonchev–Trinajstić information content (AvgIpc) is 2.64. The molecular formula is C19H25N3O3S. The van der Waals surface area contributed by atoms with Crippen LogP contribution in [0.1, 0.15) is 12.5 Å². The topological polar surface area (TPSA) is 78.5 Å². The number of hydrogen-bond acceptors (Lipinski definition) is 4. The molecule has 0 saturated heterocycles. The zero-order chi connectivity index (χ0) is 19.0. The Labute approximate surface area is 155 Å². The predicted octanol–water partition coefficient (Wildman–Crippen LogP) is 1.92. The van der Waals surface area contributed by atoms with Gasteiger partial charge in [0.25, 0.3) is 0 Å². The van der Waals surface area contributed by atoms with Crippen LogP contribution >= 0.6 is 0 Å². The Morgan fingerprint density at radius 1 is 1.00 bits per heavy atom. The van der Waals surface area contributed by atoms with E-state index >= 15 is 0 Å². The molecule has 0 aliphatic carbocycles. The molecule has 2 aromatic rings. The Hall–Kier alpha value is -2.38. The second kappa shape index (κ2) is 9.35. The van der Waals surface area contributed by atoms with Gasteiger partial charge in [0.2, 0.25) is 15.9 Å². The first-order valence-electron chi connectivity index (χ1n) is 8.55. The van der Waals surface area contributed by atoms with Crippen LogP contribution < -0.4 is 14.9 Å². The molecule has 0 aliphatic rings. The molecule has 0 spiro atoms. The summed E-state index contributed by atoms with van der Waals surface area (Å²) in [5.74, 6) is -0.148. The van der Waals surface area contributed by atoms with Crippen LogP contribution in [0, 0.1) is 6.92 Å². The highest BCUT2D eigenvalue weighted by Gasteiger charge is 2.13. The van der Waals surface area contributed by atoms with Crippen LogP contribution in [0.3, 0.4) is 0 Å². The van der Waals surface area contributed by atoms with Crippen LogP contribution in [-0.4, -0.2) is 40.5 Å². The number of anilines is 1. The molecule has 0 bridgehead atoms. The third-order valence-corrected chi connectivity index (χ3v) is 5.38. The first kappa shape index (κ1) is 19.9. The predicted molar refractivity (Wildman–Crippen MR) is 104 cm³/mol. The second-order valence-electron chi connectivity index (χ2n) is 5.91. The van der Waals surface area contributed by atoms with Gasteiger partial charge in [0, 0.05) is 25.3 Å². The lowest BCUT2D eigenvalue weighted by Crippen LogP contribution is -2.40. The van der Waals surface area contributed by atoms with Gasteiger partial charge < -0.3 is 10.2 Å². The van der Waals surface area contributed by atoms with Gasteiger partial charge in [0.05, 0.1) is 11.4 Å². The fourth-order valence-electron chi connectivity index (χ4n) is 2.44. The number of carbonyl (C=O) groups excluding carboxylic acids is 1. The fraction of sp³-hybridized carbons (Fsp3) is 0.316. The number of amides is 1. The van der Waals surface area contributed by atoms with Gasteiger partial charge in [-0.3, -0.25) is 4.79 Å². The molecule has 0 heterocycles. The maximum atomic E-state index is 12.2. The highest BCUT2D eigenvalue weighted by molar-refractivity contribution is 7.89. The highest BCUT2D eigenvalue weighted by atomic mass is 32.2. The van der Waals surface area contributed by atoms with E-state index in [4.69, 9.17) is 0 Å². The summed E-state index contributed by atoms with van der Waals surface area (Å²) in [5, 5.41) is 2.74. The van der Waals surface area contributed by atoms with E-state index < -0.39 is 10.0 Å². The monoisotopic (exact) mass is 375 g/mol. The number of para-hydroxylation sites is 1. The SMILES string of the molecule is CCN(CC(=O)NCCNS(=O)(=O)c1ccc(C)cc1)c1ccccc1. The van der Waals surface area contributed by atoms with Crippen molar-refractivity contribution in [3.8, 4) is 0 Å². The molecule has 1 amide bonds. The number of sulfonamides is 1. The summed E-state index contributed by atoms with van der Waals surface area (Å²) in [6.45, 7) is 5.18. The summed E-state index contributed by atoms with van der Waals surface area (Å²) in [5.41, 5.74) is 1.97. The second-order valence-corrected chi connectivity index (χ2v) is 7.68. The van der Waals surface area contributed by atoms with Crippen molar-refractivity contribution < 1.29 is 13.2 Å². The van der Waals surface area contributed by atoms with Gasteiger partial charge in [0.1, 0.15) is 0 Å². The minimum absolute atomic E-state index is 0.138. The standard InChI is InChI=1S/C19H25N3O3S/c1-3-22(17-7-5-4-6-8-17)15-19(23)20-13-14-21-26(24,25)18-11-9-16(2)10-12-18/h4-12,21H,3,13-15H2,1-2H3,(H,20,23). The van der Waals surface area contributed by atoms with Gasteiger partial charge in [-0.25, -0.2) is 13.1 Å². The minimum Gasteiger partial charge on any atom is -0.363 e. The number of hydrogen-bond donors (Lipinski definition) is 2. The summed E-state index contributed by atoms with van der Waals surface area (Å²) in [7, 11) is -3.56. The molecular weight excluding hydrogens is 350 g/mol. The van der Waals surface area contributed by atoms with Crippen molar-refractivity contribution in [3.05, 3.63) is 60.2 Å². The number of nitrogens with zero attached hydrogens (tertiary/aromatic N) is 1. The summed E-state index contributed by atoms with van der Waals surface area (Å²) < 4.78 is 26.8. The van der Waals surface area contributed by atoms with E-state index in [1.807, 2.05) is 49.1 Å². The van der Waals surface area contributed by atoms with Crippen molar-refractivity contribution in [2.75, 3.05) is 31.1 Å². The Morgan fingerprint density at radius 3 is 2.27 bits per heavy atom. The Kier molecular flexibility index (Phi) is 7.17. The van der Waals surface area contributed by atoms with E-state index in [9.17, 15) is 13.2 Å². The zero-order valence-electron chi connectivity index (χ0n) is 15.1. The van der Waals surface area contributed by atoms with Gasteiger partial charge >= 0.3 is 0 Å². The average molecular weight is 375 g/mol. The van der Waals surface area contributed by atoms with Crippen LogP contribution in [0.2, 0.25) is 0 Å². The normalized spacial score (nSPS) is 11.2. The maximum absolute atomic E-state index is 12.2. The summed E-state index contributed by atoms with van der Waals surface area (Å²) in [4.78, 5) is 14.3. The molecule has 0 radical (unpaired) electrons. The molecule has 0 aliphatic heterocycles. The Balaban J connectivity index is 1.78. The lowest BCUT2D eigenvalue weighted by Gasteiger charge is -2.22. The quantitative estimate of drug-likeness (QED) is 0.657. The van der Waals surface area contributed by atoms with E-state index in [0.717, 1.165) is 11.3 Å². The van der Waals surface area contributed by atoms with Crippen LogP contribution in [0.15, 0.2) is 59.5 Å². The zero-order valence-corrected chi connectivity index (χ0v) is 15.9. The maximum Gasteiger partial charge on any atom is 0.240 e. The molecule has 0 atom stereocenters. The molecule has 0 aromatic heterocycles. The van der Waals surface area contributed by atoms with E-state index in [1.165, 1.54) is 0 Å². The lowest BCUT2D eigenvalue weighted by molar-refractivity contribution is -0.119. The van der Waals surface area contributed by atoms with Crippen LogP contribution in [0.4, 0.5) is 5.69 Å². The van der Waals surface area contributed by atoms with Crippen LogP contribution in [0.25, 0.3) is 0 Å². The number of carbonyl (C=O) groups is 1. The summed E-state index contributed by atoms with van der Waals surface area (Å²) in [6.07, 6.45) is 0. The summed E-state index contributed by atoms with van der Waals surface area (Å²) in [6, 6.07) is 16.3. The highest BCUT2D eigenvalue weighted by Crippen LogP contribution is 2.12. The third kappa shape index (κ3) is 5.86. The number of benzene rings is 2. The van der Waals surface area contributed by atoms with Crippen molar-refractivity contribution in [1.82, 2.24) is 10.0 Å². The van der Waals surface area contributed by atoms with Crippen LogP contribution in [-0.2, 0) is 14.8 Å². The van der Waals surface area contributed by atoms with E-state index in [0.29, 0.717) is 6.54 Å². The largest absolute Gasteiger partial charge is 0.363 e. The summed E-state index contributed by atoms with van der Waals surface area (Å²) >= 11 is 0. The molecule has 2 N–H and O–H groups in total. The first-order chi connectivity index (χ1) is 12.4. The molecule has 0 unspecified atom stereocenters. The molecule has 0 saturated carbocycles. The third-order valence-electron chi connectivity index (χ3n) is 3.91. The van der Waals surface area contributed by atoms with Crippen molar-refractivity contribution in [2.24, 2.45) is 0 Å². The van der Waals surface area contributed by atoms with Gasteiger partial charge in [-0.2, -0.15) is 0 Å². The number of likely N-dealkylation sites (N-methyl/N-ethyl adjacent to an activating group) is 1. The molecule has 26 heavy (non-hydrogen) atoms. The smallest absolute Gasteiger partial charge is 0.240 e. The lowest BCUT2D eigenvalue weighted by atomic mass is 10.2. The molecule has 6 nitrogen and oxygen atoms in total. The van der Waals surface area contributed by atoms with Crippen LogP contribution in [0.5, 0.6) is 0 Å². The molecule has 140 valence electrons. The Morgan fingerprint density at radius 2 is 1.65 bits per heavy atom. The molecule has 2 aromatic carbocycles. The first-order valence-corrected chi connectivity index (χ1v) is 10.0. The van der Waals surface area contributed by atoms with Crippen molar-refractivity contribution >= 4 is 21.6 Å².